The van der Waals surface area contributed by atoms with Gasteiger partial charge in [-0.3, -0.25) is 0 Å². The number of hydrogen-bond acceptors (Lipinski definition) is 5. The van der Waals surface area contributed by atoms with Crippen molar-refractivity contribution in [2.75, 3.05) is 19.5 Å². The highest BCUT2D eigenvalue weighted by Gasteiger charge is 2.22. The Labute approximate surface area is 101 Å². The van der Waals surface area contributed by atoms with E-state index in [1.165, 1.54) is 19.4 Å². The van der Waals surface area contributed by atoms with Gasteiger partial charge in [0.1, 0.15) is 0 Å². The summed E-state index contributed by atoms with van der Waals surface area (Å²) in [6, 6.07) is 2.80. The predicted molar refractivity (Wildman–Crippen MR) is 64.9 cm³/mol. The molecule has 0 aliphatic rings. The molecule has 1 unspecified atom stereocenters. The van der Waals surface area contributed by atoms with Gasteiger partial charge in [0, 0.05) is 19.3 Å². The molecule has 0 spiro atoms. The average Bonchev–Trinajstić information content (AvgIpc) is 2.28. The summed E-state index contributed by atoms with van der Waals surface area (Å²) < 4.78 is 31.4. The minimum atomic E-state index is -3.69. The summed E-state index contributed by atoms with van der Waals surface area (Å²) in [6.07, 6.45) is 2.02. The molecule has 0 saturated carbocycles. The second-order valence-electron chi connectivity index (χ2n) is 3.58. The Hall–Kier alpha value is -1.18. The third kappa shape index (κ3) is 3.65. The number of aromatic nitrogens is 1. The molecule has 6 nitrogen and oxygen atoms in total. The Morgan fingerprint density at radius 3 is 2.82 bits per heavy atom. The van der Waals surface area contributed by atoms with Gasteiger partial charge in [0.2, 0.25) is 0 Å². The molecule has 0 aromatic carbocycles. The molecule has 96 valence electrons. The Kier molecular flexibility index (Phi) is 4.86. The zero-order chi connectivity index (χ0) is 12.9. The summed E-state index contributed by atoms with van der Waals surface area (Å²) >= 11 is 0. The normalized spacial score (nSPS) is 13.5. The van der Waals surface area contributed by atoms with E-state index in [4.69, 9.17) is 10.5 Å². The monoisotopic (exact) mass is 259 g/mol. The van der Waals surface area contributed by atoms with E-state index in [1.807, 2.05) is 6.92 Å². The predicted octanol–water partition coefficient (Wildman–Crippen LogP) is 0.367. The number of methoxy groups -OCH3 is 1. The Bertz CT molecular complexity index is 462. The number of rotatable bonds is 6. The number of ether oxygens (including phenoxy) is 1. The van der Waals surface area contributed by atoms with Crippen LogP contribution in [0.5, 0.6) is 0 Å². The molecule has 1 atom stereocenters. The fourth-order valence-electron chi connectivity index (χ4n) is 1.34. The summed E-state index contributed by atoms with van der Waals surface area (Å²) in [4.78, 5) is 3.78. The van der Waals surface area contributed by atoms with Crippen LogP contribution in [-0.4, -0.2) is 33.2 Å². The minimum absolute atomic E-state index is 0.132. The molecule has 0 saturated heterocycles. The first-order valence-electron chi connectivity index (χ1n) is 5.23. The Morgan fingerprint density at radius 1 is 1.59 bits per heavy atom. The number of nitrogens with two attached hydrogens (primary N) is 1. The number of sulfonamides is 1. The van der Waals surface area contributed by atoms with E-state index in [0.29, 0.717) is 13.0 Å². The molecule has 0 radical (unpaired) electrons. The van der Waals surface area contributed by atoms with Crippen LogP contribution in [0.4, 0.5) is 5.69 Å². The summed E-state index contributed by atoms with van der Waals surface area (Å²) in [5.74, 6) is 0. The molecule has 1 heterocycles. The van der Waals surface area contributed by atoms with Crippen molar-refractivity contribution in [2.45, 2.75) is 24.4 Å². The van der Waals surface area contributed by atoms with Crippen LogP contribution in [0.1, 0.15) is 13.3 Å². The maximum absolute atomic E-state index is 12.0. The third-order valence-corrected chi connectivity index (χ3v) is 3.73. The van der Waals surface area contributed by atoms with Crippen LogP contribution in [0.3, 0.4) is 0 Å². The van der Waals surface area contributed by atoms with Gasteiger partial charge in [-0.2, -0.15) is 0 Å². The lowest BCUT2D eigenvalue weighted by Gasteiger charge is -2.16. The van der Waals surface area contributed by atoms with E-state index in [0.717, 1.165) is 0 Å². The van der Waals surface area contributed by atoms with Crippen molar-refractivity contribution in [1.29, 1.82) is 0 Å². The van der Waals surface area contributed by atoms with Crippen molar-refractivity contribution in [2.24, 2.45) is 0 Å². The van der Waals surface area contributed by atoms with Crippen LogP contribution in [-0.2, 0) is 14.8 Å². The first-order valence-corrected chi connectivity index (χ1v) is 6.71. The zero-order valence-corrected chi connectivity index (χ0v) is 10.7. The fraction of sp³-hybridized carbons (Fsp3) is 0.500. The summed E-state index contributed by atoms with van der Waals surface area (Å²) in [5.41, 5.74) is 5.72. The van der Waals surface area contributed by atoms with E-state index in [9.17, 15) is 8.42 Å². The summed E-state index contributed by atoms with van der Waals surface area (Å²) in [7, 11) is -2.17. The highest BCUT2D eigenvalue weighted by Crippen LogP contribution is 2.14. The summed E-state index contributed by atoms with van der Waals surface area (Å²) in [5, 5.41) is -0.144. The van der Waals surface area contributed by atoms with Gasteiger partial charge in [0.05, 0.1) is 12.3 Å². The highest BCUT2D eigenvalue weighted by atomic mass is 32.2. The molecule has 0 aliphatic heterocycles. The molecule has 1 rings (SSSR count). The lowest BCUT2D eigenvalue weighted by molar-refractivity contribution is 0.173. The molecular weight excluding hydrogens is 242 g/mol. The first-order chi connectivity index (χ1) is 8.01. The molecule has 17 heavy (non-hydrogen) atoms. The summed E-state index contributed by atoms with van der Waals surface area (Å²) in [6.45, 7) is 2.18. The van der Waals surface area contributed by atoms with Gasteiger partial charge >= 0.3 is 0 Å². The standard InChI is InChI=1S/C10H17N3O3S/c1-3-8(7-16-2)13-17(14,15)10-9(11)5-4-6-12-10/h4-6,8,13H,3,7,11H2,1-2H3. The molecule has 0 bridgehead atoms. The van der Waals surface area contributed by atoms with Gasteiger partial charge in [-0.15, -0.1) is 0 Å². The number of nitrogen functional groups attached to an aromatic ring is 1. The molecule has 0 aliphatic carbocycles. The van der Waals surface area contributed by atoms with Crippen LogP contribution in [0.2, 0.25) is 0 Å². The zero-order valence-electron chi connectivity index (χ0n) is 9.88. The molecule has 0 fully saturated rings. The molecule has 1 aromatic rings. The van der Waals surface area contributed by atoms with Crippen LogP contribution in [0.15, 0.2) is 23.4 Å². The Morgan fingerprint density at radius 2 is 2.29 bits per heavy atom. The van der Waals surface area contributed by atoms with Crippen molar-refractivity contribution in [3.8, 4) is 0 Å². The van der Waals surface area contributed by atoms with Crippen LogP contribution < -0.4 is 10.5 Å². The SMILES string of the molecule is CCC(COC)NS(=O)(=O)c1ncccc1N. The first kappa shape index (κ1) is 13.9. The smallest absolute Gasteiger partial charge is 0.260 e. The van der Waals surface area contributed by atoms with Crippen molar-refractivity contribution >= 4 is 15.7 Å². The molecule has 7 heteroatoms. The van der Waals surface area contributed by atoms with Crippen LogP contribution in [0.25, 0.3) is 0 Å². The molecular formula is C10H17N3O3S. The maximum Gasteiger partial charge on any atom is 0.260 e. The number of nitrogens with one attached hydrogen (secondary N) is 1. The van der Waals surface area contributed by atoms with Crippen LogP contribution in [0, 0.1) is 0 Å². The lowest BCUT2D eigenvalue weighted by atomic mass is 10.3. The Balaban J connectivity index is 2.92. The van der Waals surface area contributed by atoms with Gasteiger partial charge < -0.3 is 10.5 Å². The van der Waals surface area contributed by atoms with E-state index >= 15 is 0 Å². The number of pyridine rings is 1. The highest BCUT2D eigenvalue weighted by molar-refractivity contribution is 7.89. The van der Waals surface area contributed by atoms with Gasteiger partial charge in [0.15, 0.2) is 5.03 Å². The fourth-order valence-corrected chi connectivity index (χ4v) is 2.70. The molecule has 0 amide bonds. The number of hydrogen-bond donors (Lipinski definition) is 2. The van der Waals surface area contributed by atoms with E-state index in [1.54, 1.807) is 6.07 Å². The van der Waals surface area contributed by atoms with E-state index < -0.39 is 10.0 Å². The van der Waals surface area contributed by atoms with Gasteiger partial charge in [-0.05, 0) is 18.6 Å². The minimum Gasteiger partial charge on any atom is -0.396 e. The van der Waals surface area contributed by atoms with Crippen molar-refractivity contribution in [3.63, 3.8) is 0 Å². The van der Waals surface area contributed by atoms with Gasteiger partial charge in [-0.25, -0.2) is 18.1 Å². The molecule has 3 N–H and O–H groups in total. The van der Waals surface area contributed by atoms with E-state index in [-0.39, 0.29) is 16.8 Å². The van der Waals surface area contributed by atoms with Crippen molar-refractivity contribution in [3.05, 3.63) is 18.3 Å². The van der Waals surface area contributed by atoms with Crippen LogP contribution >= 0.6 is 0 Å². The second kappa shape index (κ2) is 5.95. The third-order valence-electron chi connectivity index (χ3n) is 2.24. The lowest BCUT2D eigenvalue weighted by Crippen LogP contribution is -2.38. The maximum atomic E-state index is 12.0. The van der Waals surface area contributed by atoms with Crippen molar-refractivity contribution < 1.29 is 13.2 Å². The van der Waals surface area contributed by atoms with Gasteiger partial charge in [-0.1, -0.05) is 6.92 Å². The molecule has 1 aromatic heterocycles. The average molecular weight is 259 g/mol. The van der Waals surface area contributed by atoms with E-state index in [2.05, 4.69) is 9.71 Å². The largest absolute Gasteiger partial charge is 0.396 e. The second-order valence-corrected chi connectivity index (χ2v) is 5.21. The topological polar surface area (TPSA) is 94.3 Å². The number of anilines is 1. The quantitative estimate of drug-likeness (QED) is 0.769. The number of nitrogens with zero attached hydrogens (tertiary/aromatic N) is 1. The van der Waals surface area contributed by atoms with Gasteiger partial charge in [0.25, 0.3) is 10.0 Å². The van der Waals surface area contributed by atoms with Crippen molar-refractivity contribution in [1.82, 2.24) is 9.71 Å².